The van der Waals surface area contributed by atoms with Gasteiger partial charge in [0.2, 0.25) is 21.8 Å². The van der Waals surface area contributed by atoms with Crippen LogP contribution in [0.25, 0.3) is 0 Å². The van der Waals surface area contributed by atoms with Crippen molar-refractivity contribution in [2.45, 2.75) is 51.5 Å². The van der Waals surface area contributed by atoms with Crippen molar-refractivity contribution >= 4 is 55.1 Å². The van der Waals surface area contributed by atoms with E-state index in [1.54, 1.807) is 48.5 Å². The van der Waals surface area contributed by atoms with Crippen molar-refractivity contribution < 1.29 is 31.2 Å². The lowest BCUT2D eigenvalue weighted by Crippen LogP contribution is -2.54. The van der Waals surface area contributed by atoms with Crippen LogP contribution in [-0.4, -0.2) is 50.0 Å². The molecule has 7 nitrogen and oxygen atoms in total. The summed E-state index contributed by atoms with van der Waals surface area (Å²) in [7, 11) is -4.31. The van der Waals surface area contributed by atoms with Gasteiger partial charge in [0.25, 0.3) is 0 Å². The Balaban J connectivity index is 2.11. The number of carbonyl (C=O) groups is 2. The van der Waals surface area contributed by atoms with Crippen LogP contribution in [0.2, 0.25) is 5.02 Å². The molecular weight excluding hydrogens is 671 g/mol. The maximum atomic E-state index is 14.1. The van der Waals surface area contributed by atoms with E-state index in [1.165, 1.54) is 4.90 Å². The highest BCUT2D eigenvalue weighted by Gasteiger charge is 2.36. The molecule has 0 saturated carbocycles. The third-order valence-electron chi connectivity index (χ3n) is 6.76. The number of nitrogens with one attached hydrogen (secondary N) is 1. The molecule has 0 heterocycles. The van der Waals surface area contributed by atoms with Crippen LogP contribution in [0.4, 0.5) is 18.9 Å². The summed E-state index contributed by atoms with van der Waals surface area (Å²) < 4.78 is 67.7. The fraction of sp³-hybridized carbons (Fsp3) is 0.333. The summed E-state index contributed by atoms with van der Waals surface area (Å²) in [5.74, 6) is -1.26. The number of benzene rings is 3. The van der Waals surface area contributed by atoms with Crippen LogP contribution in [0.3, 0.4) is 0 Å². The summed E-state index contributed by atoms with van der Waals surface area (Å²) >= 11 is 9.55. The number of sulfonamides is 1. The summed E-state index contributed by atoms with van der Waals surface area (Å²) in [6.07, 6.45) is -3.28. The second-order valence-corrected chi connectivity index (χ2v) is 13.3. The molecule has 232 valence electrons. The van der Waals surface area contributed by atoms with Gasteiger partial charge < -0.3 is 10.2 Å². The highest BCUT2D eigenvalue weighted by Crippen LogP contribution is 2.36. The molecule has 0 fully saturated rings. The summed E-state index contributed by atoms with van der Waals surface area (Å²) in [5, 5.41) is 2.62. The van der Waals surface area contributed by atoms with E-state index in [0.29, 0.717) is 22.4 Å². The van der Waals surface area contributed by atoms with Gasteiger partial charge in [0.05, 0.1) is 22.5 Å². The first kappa shape index (κ1) is 34.4. The number of carbonyl (C=O) groups excluding carboxylic acids is 2. The highest BCUT2D eigenvalue weighted by molar-refractivity contribution is 9.10. The molecule has 0 radical (unpaired) electrons. The average Bonchev–Trinajstić information content (AvgIpc) is 2.94. The Morgan fingerprint density at radius 1 is 1.00 bits per heavy atom. The summed E-state index contributed by atoms with van der Waals surface area (Å²) in [6.45, 7) is 2.74. The number of nitrogens with zero attached hydrogens (tertiary/aromatic N) is 2. The number of rotatable bonds is 12. The molecule has 0 aliphatic rings. The predicted octanol–water partition coefficient (Wildman–Crippen LogP) is 6.44. The van der Waals surface area contributed by atoms with Crippen LogP contribution in [0.1, 0.15) is 37.0 Å². The molecule has 1 N–H and O–H groups in total. The van der Waals surface area contributed by atoms with Crippen molar-refractivity contribution in [2.75, 3.05) is 17.1 Å². The largest absolute Gasteiger partial charge is 0.416 e. The van der Waals surface area contributed by atoms with Crippen LogP contribution in [0, 0.1) is 0 Å². The van der Waals surface area contributed by atoms with E-state index in [1.807, 2.05) is 19.9 Å². The van der Waals surface area contributed by atoms with Crippen LogP contribution >= 0.6 is 27.5 Å². The van der Waals surface area contributed by atoms with E-state index in [2.05, 4.69) is 21.2 Å². The number of hydrogen-bond acceptors (Lipinski definition) is 4. The van der Waals surface area contributed by atoms with Crippen LogP contribution in [0.15, 0.2) is 77.3 Å². The lowest BCUT2D eigenvalue weighted by atomic mass is 10.0. The van der Waals surface area contributed by atoms with Gasteiger partial charge in [0, 0.05) is 23.5 Å². The standard InChI is InChI=1S/C30H32BrClF3N3O4S/c1-4-20(2)36-29(40)27(16-21-8-6-5-7-9-21)37(18-22-10-13-24(31)14-11-22)28(39)19-38(43(3,41)42)26-17-23(30(33,34)35)12-15-25(26)32/h5-15,17,20,27H,4,16,18-19H2,1-3H3,(H,36,40)/t20-,27+/m0/s1. The van der Waals surface area contributed by atoms with Crippen molar-refractivity contribution in [2.24, 2.45) is 0 Å². The second-order valence-electron chi connectivity index (χ2n) is 10.1. The van der Waals surface area contributed by atoms with Crippen LogP contribution in [-0.2, 0) is 38.8 Å². The van der Waals surface area contributed by atoms with Crippen molar-refractivity contribution in [3.05, 3.63) is 99.0 Å². The molecule has 2 atom stereocenters. The Morgan fingerprint density at radius 3 is 2.19 bits per heavy atom. The number of amides is 2. The molecule has 0 aromatic heterocycles. The van der Waals surface area contributed by atoms with E-state index in [4.69, 9.17) is 11.6 Å². The number of hydrogen-bond donors (Lipinski definition) is 1. The molecule has 0 bridgehead atoms. The van der Waals surface area contributed by atoms with Gasteiger partial charge in [-0.25, -0.2) is 8.42 Å². The molecule has 3 rings (SSSR count). The quantitative estimate of drug-likeness (QED) is 0.236. The minimum atomic E-state index is -4.78. The smallest absolute Gasteiger partial charge is 0.352 e. The predicted molar refractivity (Wildman–Crippen MR) is 165 cm³/mol. The molecule has 3 aromatic rings. The maximum Gasteiger partial charge on any atom is 0.416 e. The molecule has 0 spiro atoms. The van der Waals surface area contributed by atoms with Crippen molar-refractivity contribution in [1.82, 2.24) is 10.2 Å². The molecule has 0 unspecified atom stereocenters. The molecule has 2 amide bonds. The first-order chi connectivity index (χ1) is 20.1. The summed E-state index contributed by atoms with van der Waals surface area (Å²) in [6, 6.07) is 17.0. The third-order valence-corrected chi connectivity index (χ3v) is 8.73. The SMILES string of the molecule is CC[C@H](C)NC(=O)[C@@H](Cc1ccccc1)N(Cc1ccc(Br)cc1)C(=O)CN(c1cc(C(F)(F)F)ccc1Cl)S(C)(=O)=O. The van der Waals surface area contributed by atoms with Crippen LogP contribution in [0.5, 0.6) is 0 Å². The van der Waals surface area contributed by atoms with Gasteiger partial charge in [0.15, 0.2) is 0 Å². The first-order valence-electron chi connectivity index (χ1n) is 13.3. The average molecular weight is 703 g/mol. The fourth-order valence-electron chi connectivity index (χ4n) is 4.26. The van der Waals surface area contributed by atoms with E-state index < -0.39 is 51.9 Å². The molecule has 0 saturated heterocycles. The zero-order chi connectivity index (χ0) is 31.9. The maximum absolute atomic E-state index is 14.1. The van der Waals surface area contributed by atoms with E-state index in [0.717, 1.165) is 28.4 Å². The van der Waals surface area contributed by atoms with Gasteiger partial charge in [-0.3, -0.25) is 13.9 Å². The molecule has 43 heavy (non-hydrogen) atoms. The monoisotopic (exact) mass is 701 g/mol. The van der Waals surface area contributed by atoms with Gasteiger partial charge in [-0.15, -0.1) is 0 Å². The summed E-state index contributed by atoms with van der Waals surface area (Å²) in [5.41, 5.74) is -0.232. The van der Waals surface area contributed by atoms with Gasteiger partial charge in [-0.05, 0) is 54.8 Å². The zero-order valence-electron chi connectivity index (χ0n) is 23.7. The number of halogens is 5. The minimum absolute atomic E-state index is 0.0779. The van der Waals surface area contributed by atoms with Crippen molar-refractivity contribution in [1.29, 1.82) is 0 Å². The lowest BCUT2D eigenvalue weighted by Gasteiger charge is -2.34. The Hall–Kier alpha value is -3.09. The normalized spacial score (nSPS) is 13.2. The molecular formula is C30H32BrClF3N3O4S. The topological polar surface area (TPSA) is 86.8 Å². The molecule has 0 aliphatic heterocycles. The van der Waals surface area contributed by atoms with Gasteiger partial charge in [-0.1, -0.05) is 76.9 Å². The highest BCUT2D eigenvalue weighted by atomic mass is 79.9. The van der Waals surface area contributed by atoms with E-state index in [-0.39, 0.29) is 24.0 Å². The van der Waals surface area contributed by atoms with Gasteiger partial charge >= 0.3 is 6.18 Å². The zero-order valence-corrected chi connectivity index (χ0v) is 26.9. The molecule has 3 aromatic carbocycles. The number of alkyl halides is 3. The van der Waals surface area contributed by atoms with E-state index in [9.17, 15) is 31.2 Å². The Morgan fingerprint density at radius 2 is 1.63 bits per heavy atom. The summed E-state index contributed by atoms with van der Waals surface area (Å²) in [4.78, 5) is 29.0. The van der Waals surface area contributed by atoms with Gasteiger partial charge in [0.1, 0.15) is 12.6 Å². The van der Waals surface area contributed by atoms with Gasteiger partial charge in [-0.2, -0.15) is 13.2 Å². The number of anilines is 1. The van der Waals surface area contributed by atoms with E-state index >= 15 is 0 Å². The lowest BCUT2D eigenvalue weighted by molar-refractivity contribution is -0.140. The Bertz CT molecular complexity index is 1520. The van der Waals surface area contributed by atoms with Crippen molar-refractivity contribution in [3.8, 4) is 0 Å². The molecule has 0 aliphatic carbocycles. The second kappa shape index (κ2) is 14.6. The Kier molecular flexibility index (Phi) is 11.7. The Labute approximate surface area is 263 Å². The fourth-order valence-corrected chi connectivity index (χ4v) is 5.64. The first-order valence-corrected chi connectivity index (χ1v) is 16.3. The van der Waals surface area contributed by atoms with Crippen LogP contribution < -0.4 is 9.62 Å². The third kappa shape index (κ3) is 9.70. The molecule has 13 heteroatoms. The minimum Gasteiger partial charge on any atom is -0.352 e. The van der Waals surface area contributed by atoms with Crippen molar-refractivity contribution in [3.63, 3.8) is 0 Å².